The molecule has 0 spiro atoms. The molecule has 0 saturated heterocycles. The molecule has 0 fully saturated rings. The molecule has 0 radical (unpaired) electrons. The summed E-state index contributed by atoms with van der Waals surface area (Å²) in [6, 6.07) is 12.9. The smallest absolute Gasteiger partial charge is 0.308 e. The zero-order valence-corrected chi connectivity index (χ0v) is 12.9. The highest BCUT2D eigenvalue weighted by Crippen LogP contribution is 2.33. The lowest BCUT2D eigenvalue weighted by Gasteiger charge is -2.20. The van der Waals surface area contributed by atoms with E-state index in [1.54, 1.807) is 42.5 Å². The molecule has 2 aromatic rings. The first-order valence-corrected chi connectivity index (χ1v) is 7.24. The maximum atomic E-state index is 12.8. The molecule has 0 N–H and O–H groups in total. The minimum atomic E-state index is -0.660. The van der Waals surface area contributed by atoms with Crippen LogP contribution in [-0.2, 0) is 9.53 Å². The Balaban J connectivity index is 2.25. The van der Waals surface area contributed by atoms with Gasteiger partial charge in [0.1, 0.15) is 0 Å². The summed E-state index contributed by atoms with van der Waals surface area (Å²) in [7, 11) is 0. The van der Waals surface area contributed by atoms with Gasteiger partial charge in [0.05, 0.1) is 5.57 Å². The summed E-state index contributed by atoms with van der Waals surface area (Å²) in [6.45, 7) is 1.19. The van der Waals surface area contributed by atoms with Crippen molar-refractivity contribution >= 4 is 34.7 Å². The number of hydrogen-bond acceptors (Lipinski definition) is 4. The van der Waals surface area contributed by atoms with E-state index < -0.39 is 11.8 Å². The van der Waals surface area contributed by atoms with Crippen LogP contribution in [-0.4, -0.2) is 17.5 Å². The fraction of sp³-hybridized carbons (Fsp3) is 0.0556. The van der Waals surface area contributed by atoms with E-state index >= 15 is 0 Å². The largest absolute Gasteiger partial charge is 0.422 e. The third-order valence-corrected chi connectivity index (χ3v) is 3.71. The van der Waals surface area contributed by atoms with Crippen molar-refractivity contribution in [1.29, 1.82) is 0 Å². The summed E-state index contributed by atoms with van der Waals surface area (Å²) in [5.41, 5.74) is 1.06. The summed E-state index contributed by atoms with van der Waals surface area (Å²) in [6.07, 6.45) is 0. The van der Waals surface area contributed by atoms with Crippen molar-refractivity contribution in [2.45, 2.75) is 6.92 Å². The molecule has 0 atom stereocenters. The summed E-state index contributed by atoms with van der Waals surface area (Å²) in [4.78, 5) is 36.8. The summed E-state index contributed by atoms with van der Waals surface area (Å²) in [5.74, 6) is -1.75. The van der Waals surface area contributed by atoms with E-state index in [2.05, 4.69) is 0 Å². The standard InChI is InChI=1S/C18H11ClO4/c1-10(20)23-18-15(11-6-8-12(19)9-7-11)16(21)13-4-2-3-5-14(13)17(18)22/h2-9H,1H3. The molecule has 5 heteroatoms. The second kappa shape index (κ2) is 5.82. The molecule has 0 heterocycles. The monoisotopic (exact) mass is 326 g/mol. The van der Waals surface area contributed by atoms with Crippen LogP contribution in [0.1, 0.15) is 33.2 Å². The Morgan fingerprint density at radius 1 is 0.913 bits per heavy atom. The highest BCUT2D eigenvalue weighted by atomic mass is 35.5. The van der Waals surface area contributed by atoms with Gasteiger partial charge in [-0.25, -0.2) is 0 Å². The number of ether oxygens (including phenoxy) is 1. The van der Waals surface area contributed by atoms with Gasteiger partial charge in [-0.15, -0.1) is 0 Å². The predicted molar refractivity (Wildman–Crippen MR) is 85.2 cm³/mol. The molecule has 1 aliphatic rings. The average molecular weight is 327 g/mol. The van der Waals surface area contributed by atoms with Crippen LogP contribution in [0, 0.1) is 0 Å². The Bertz CT molecular complexity index is 863. The van der Waals surface area contributed by atoms with E-state index in [9.17, 15) is 14.4 Å². The topological polar surface area (TPSA) is 60.4 Å². The number of carbonyl (C=O) groups is 3. The van der Waals surface area contributed by atoms with E-state index in [1.165, 1.54) is 13.0 Å². The lowest BCUT2D eigenvalue weighted by atomic mass is 9.85. The van der Waals surface area contributed by atoms with Crippen LogP contribution >= 0.6 is 11.6 Å². The molecule has 0 saturated carbocycles. The van der Waals surface area contributed by atoms with Crippen LogP contribution in [0.25, 0.3) is 5.57 Å². The van der Waals surface area contributed by atoms with E-state index in [0.29, 0.717) is 16.1 Å². The Labute approximate surface area is 137 Å². The predicted octanol–water partition coefficient (Wildman–Crippen LogP) is 3.69. The van der Waals surface area contributed by atoms with Crippen molar-refractivity contribution in [3.63, 3.8) is 0 Å². The van der Waals surface area contributed by atoms with Gasteiger partial charge >= 0.3 is 5.97 Å². The third kappa shape index (κ3) is 2.69. The van der Waals surface area contributed by atoms with Gasteiger partial charge in [0.15, 0.2) is 11.5 Å². The van der Waals surface area contributed by atoms with Crippen LogP contribution in [0.5, 0.6) is 0 Å². The van der Waals surface area contributed by atoms with Crippen LogP contribution in [0.3, 0.4) is 0 Å². The van der Waals surface area contributed by atoms with Crippen molar-refractivity contribution in [2.24, 2.45) is 0 Å². The number of Topliss-reactive ketones (excluding diaryl/α,β-unsaturated/α-hetero) is 2. The second-order valence-corrected chi connectivity index (χ2v) is 5.44. The minimum absolute atomic E-state index is 0.0700. The Hall–Kier alpha value is -2.72. The molecular weight excluding hydrogens is 316 g/mol. The lowest BCUT2D eigenvalue weighted by molar-refractivity contribution is -0.136. The van der Waals surface area contributed by atoms with Crippen LogP contribution in [0.15, 0.2) is 54.3 Å². The molecule has 0 unspecified atom stereocenters. The molecule has 0 aromatic heterocycles. The quantitative estimate of drug-likeness (QED) is 0.790. The molecule has 4 nitrogen and oxygen atoms in total. The van der Waals surface area contributed by atoms with Gasteiger partial charge in [-0.3, -0.25) is 14.4 Å². The first-order valence-electron chi connectivity index (χ1n) is 6.86. The first-order chi connectivity index (χ1) is 11.0. The normalized spacial score (nSPS) is 13.8. The molecule has 23 heavy (non-hydrogen) atoms. The van der Waals surface area contributed by atoms with Crippen LogP contribution < -0.4 is 0 Å². The van der Waals surface area contributed by atoms with Gasteiger partial charge in [-0.05, 0) is 17.7 Å². The van der Waals surface area contributed by atoms with Gasteiger partial charge in [0.2, 0.25) is 5.78 Å². The van der Waals surface area contributed by atoms with Crippen molar-refractivity contribution in [3.05, 3.63) is 76.0 Å². The fourth-order valence-corrected chi connectivity index (χ4v) is 2.60. The fourth-order valence-electron chi connectivity index (χ4n) is 2.47. The zero-order valence-electron chi connectivity index (χ0n) is 12.1. The van der Waals surface area contributed by atoms with Gasteiger partial charge in [0, 0.05) is 23.1 Å². The number of hydrogen-bond donors (Lipinski definition) is 0. The second-order valence-electron chi connectivity index (χ2n) is 5.01. The number of esters is 1. The highest BCUT2D eigenvalue weighted by Gasteiger charge is 2.34. The molecule has 114 valence electrons. The van der Waals surface area contributed by atoms with Crippen molar-refractivity contribution in [1.82, 2.24) is 0 Å². The zero-order chi connectivity index (χ0) is 16.6. The number of fused-ring (bicyclic) bond motifs is 1. The van der Waals surface area contributed by atoms with Crippen molar-refractivity contribution in [2.75, 3.05) is 0 Å². The summed E-state index contributed by atoms with van der Waals surface area (Å²) in [5, 5.41) is 0.498. The number of ketones is 2. The van der Waals surface area contributed by atoms with Gasteiger partial charge in [-0.1, -0.05) is 48.0 Å². The molecule has 0 aliphatic heterocycles. The van der Waals surface area contributed by atoms with Gasteiger partial charge in [0.25, 0.3) is 0 Å². The Kier molecular flexibility index (Phi) is 3.84. The maximum absolute atomic E-state index is 12.8. The maximum Gasteiger partial charge on any atom is 0.308 e. The number of halogens is 1. The number of carbonyl (C=O) groups excluding carboxylic acids is 3. The average Bonchev–Trinajstić information content (AvgIpc) is 2.54. The van der Waals surface area contributed by atoms with Crippen LogP contribution in [0.4, 0.5) is 0 Å². The van der Waals surface area contributed by atoms with Gasteiger partial charge in [-0.2, -0.15) is 0 Å². The third-order valence-electron chi connectivity index (χ3n) is 3.46. The SMILES string of the molecule is CC(=O)OC1=C(c2ccc(Cl)cc2)C(=O)c2ccccc2C1=O. The van der Waals surface area contributed by atoms with Crippen molar-refractivity contribution < 1.29 is 19.1 Å². The molecule has 0 bridgehead atoms. The molecule has 2 aromatic carbocycles. The lowest BCUT2D eigenvalue weighted by Crippen LogP contribution is -2.24. The van der Waals surface area contributed by atoms with Gasteiger partial charge < -0.3 is 4.74 Å². The molecular formula is C18H11ClO4. The number of benzene rings is 2. The Morgan fingerprint density at radius 3 is 2.04 bits per heavy atom. The summed E-state index contributed by atoms with van der Waals surface area (Å²) >= 11 is 5.86. The molecule has 1 aliphatic carbocycles. The highest BCUT2D eigenvalue weighted by molar-refractivity contribution is 6.40. The number of rotatable bonds is 2. The van der Waals surface area contributed by atoms with Crippen molar-refractivity contribution in [3.8, 4) is 0 Å². The first kappa shape index (κ1) is 15.2. The molecule has 3 rings (SSSR count). The van der Waals surface area contributed by atoms with Crippen LogP contribution in [0.2, 0.25) is 5.02 Å². The molecule has 0 amide bonds. The van der Waals surface area contributed by atoms with E-state index in [0.717, 1.165) is 0 Å². The summed E-state index contributed by atoms with van der Waals surface area (Å²) < 4.78 is 5.07. The Morgan fingerprint density at radius 2 is 1.48 bits per heavy atom. The minimum Gasteiger partial charge on any atom is -0.422 e. The van der Waals surface area contributed by atoms with E-state index in [-0.39, 0.29) is 22.7 Å². The van der Waals surface area contributed by atoms with E-state index in [1.807, 2.05) is 0 Å². The van der Waals surface area contributed by atoms with E-state index in [4.69, 9.17) is 16.3 Å². The number of allylic oxidation sites excluding steroid dienone is 2.